The Morgan fingerprint density at radius 3 is 2.33 bits per heavy atom. The lowest BCUT2D eigenvalue weighted by molar-refractivity contribution is -0.164. The molecule has 0 bridgehead atoms. The van der Waals surface area contributed by atoms with Crippen LogP contribution < -0.4 is 5.73 Å². The van der Waals surface area contributed by atoms with E-state index < -0.39 is 23.4 Å². The molecule has 0 aliphatic heterocycles. The van der Waals surface area contributed by atoms with Gasteiger partial charge in [-0.1, -0.05) is 44.2 Å². The summed E-state index contributed by atoms with van der Waals surface area (Å²) in [4.78, 5) is 22.9. The molecule has 0 spiro atoms. The Morgan fingerprint density at radius 2 is 1.89 bits per heavy atom. The first-order valence-corrected chi connectivity index (χ1v) is 5.62. The molecule has 0 saturated carbocycles. The highest BCUT2D eigenvalue weighted by Gasteiger charge is 2.47. The molecule has 0 aromatic heterocycles. The molecule has 1 rings (SSSR count). The van der Waals surface area contributed by atoms with Crippen molar-refractivity contribution in [2.75, 3.05) is 0 Å². The highest BCUT2D eigenvalue weighted by atomic mass is 16.5. The number of carboxylic acids is 1. The zero-order chi connectivity index (χ0) is 13.8. The molecular formula is C13H17NO4. The quantitative estimate of drug-likeness (QED) is 0.605. The summed E-state index contributed by atoms with van der Waals surface area (Å²) in [6.45, 7) is 3.15. The number of benzene rings is 1. The van der Waals surface area contributed by atoms with Crippen LogP contribution in [-0.2, 0) is 20.9 Å². The summed E-state index contributed by atoms with van der Waals surface area (Å²) in [7, 11) is 0. The third-order valence-corrected chi connectivity index (χ3v) is 2.82. The normalized spacial score (nSPS) is 14.0. The molecule has 98 valence electrons. The molecule has 1 aromatic rings. The number of esters is 1. The number of rotatable bonds is 5. The van der Waals surface area contributed by atoms with Crippen LogP contribution in [0.3, 0.4) is 0 Å². The fourth-order valence-corrected chi connectivity index (χ4v) is 1.41. The van der Waals surface area contributed by atoms with Gasteiger partial charge in [0.25, 0.3) is 0 Å². The van der Waals surface area contributed by atoms with Crippen LogP contribution in [0.1, 0.15) is 19.4 Å². The molecule has 5 nitrogen and oxygen atoms in total. The average molecular weight is 251 g/mol. The monoisotopic (exact) mass is 251 g/mol. The topological polar surface area (TPSA) is 89.6 Å². The van der Waals surface area contributed by atoms with Crippen molar-refractivity contribution in [3.8, 4) is 0 Å². The first-order chi connectivity index (χ1) is 8.39. The van der Waals surface area contributed by atoms with E-state index in [1.54, 1.807) is 38.1 Å². The minimum atomic E-state index is -2.01. The number of carboxylic acid groups (broad SMARTS) is 1. The summed E-state index contributed by atoms with van der Waals surface area (Å²) in [6, 6.07) is 9.00. The van der Waals surface area contributed by atoms with E-state index in [1.807, 2.05) is 6.07 Å². The molecular weight excluding hydrogens is 234 g/mol. The third kappa shape index (κ3) is 2.87. The van der Waals surface area contributed by atoms with Gasteiger partial charge in [0.1, 0.15) is 6.61 Å². The van der Waals surface area contributed by atoms with Crippen LogP contribution in [0.4, 0.5) is 0 Å². The molecule has 18 heavy (non-hydrogen) atoms. The summed E-state index contributed by atoms with van der Waals surface area (Å²) < 4.78 is 4.97. The van der Waals surface area contributed by atoms with Gasteiger partial charge < -0.3 is 15.6 Å². The van der Waals surface area contributed by atoms with Crippen LogP contribution in [0.25, 0.3) is 0 Å². The number of aliphatic carboxylic acids is 1. The van der Waals surface area contributed by atoms with Crippen LogP contribution in [0.2, 0.25) is 0 Å². The largest absolute Gasteiger partial charge is 0.479 e. The number of hydrogen-bond donors (Lipinski definition) is 2. The molecule has 0 aliphatic carbocycles. The third-order valence-electron chi connectivity index (χ3n) is 2.82. The van der Waals surface area contributed by atoms with Gasteiger partial charge in [0, 0.05) is 0 Å². The lowest BCUT2D eigenvalue weighted by atomic mass is 9.87. The SMILES string of the molecule is CC(C)C(N)(C(=O)O)C(=O)OCc1ccccc1. The minimum Gasteiger partial charge on any atom is -0.479 e. The Morgan fingerprint density at radius 1 is 1.33 bits per heavy atom. The molecule has 0 amide bonds. The molecule has 3 N–H and O–H groups in total. The van der Waals surface area contributed by atoms with Crippen molar-refractivity contribution >= 4 is 11.9 Å². The Hall–Kier alpha value is -1.88. The van der Waals surface area contributed by atoms with Crippen molar-refractivity contribution in [1.82, 2.24) is 0 Å². The fraction of sp³-hybridized carbons (Fsp3) is 0.385. The van der Waals surface area contributed by atoms with E-state index in [-0.39, 0.29) is 6.61 Å². The summed E-state index contributed by atoms with van der Waals surface area (Å²) in [6.07, 6.45) is 0. The van der Waals surface area contributed by atoms with Crippen molar-refractivity contribution in [3.05, 3.63) is 35.9 Å². The molecule has 0 aliphatic rings. The lowest BCUT2D eigenvalue weighted by Gasteiger charge is -2.26. The number of ether oxygens (including phenoxy) is 1. The van der Waals surface area contributed by atoms with Crippen LogP contribution in [0.5, 0.6) is 0 Å². The zero-order valence-electron chi connectivity index (χ0n) is 10.4. The predicted molar refractivity (Wildman–Crippen MR) is 65.6 cm³/mol. The Labute approximate surface area is 106 Å². The standard InChI is InChI=1S/C13H17NO4/c1-9(2)13(14,11(15)16)12(17)18-8-10-6-4-3-5-7-10/h3-7,9H,8,14H2,1-2H3,(H,15,16). The van der Waals surface area contributed by atoms with Gasteiger partial charge in [-0.05, 0) is 11.5 Å². The fourth-order valence-electron chi connectivity index (χ4n) is 1.41. The van der Waals surface area contributed by atoms with Crippen molar-refractivity contribution in [3.63, 3.8) is 0 Å². The van der Waals surface area contributed by atoms with Gasteiger partial charge in [-0.15, -0.1) is 0 Å². The summed E-state index contributed by atoms with van der Waals surface area (Å²) in [5.41, 5.74) is 4.39. The average Bonchev–Trinajstić information content (AvgIpc) is 2.35. The van der Waals surface area contributed by atoms with E-state index in [1.165, 1.54) is 0 Å². The molecule has 0 fully saturated rings. The highest BCUT2D eigenvalue weighted by molar-refractivity contribution is 6.04. The van der Waals surface area contributed by atoms with E-state index in [2.05, 4.69) is 0 Å². The maximum Gasteiger partial charge on any atom is 0.338 e. The van der Waals surface area contributed by atoms with Gasteiger partial charge in [-0.2, -0.15) is 0 Å². The van der Waals surface area contributed by atoms with Crippen LogP contribution >= 0.6 is 0 Å². The summed E-state index contributed by atoms with van der Waals surface area (Å²) in [5, 5.41) is 9.04. The molecule has 0 heterocycles. The van der Waals surface area contributed by atoms with Gasteiger partial charge in [0.05, 0.1) is 0 Å². The molecule has 0 radical (unpaired) electrons. The van der Waals surface area contributed by atoms with Crippen LogP contribution in [0.15, 0.2) is 30.3 Å². The van der Waals surface area contributed by atoms with Crippen molar-refractivity contribution in [2.45, 2.75) is 26.0 Å². The summed E-state index contributed by atoms with van der Waals surface area (Å²) >= 11 is 0. The van der Waals surface area contributed by atoms with Crippen LogP contribution in [-0.4, -0.2) is 22.6 Å². The number of carbonyl (C=O) groups excluding carboxylic acids is 1. The van der Waals surface area contributed by atoms with Crippen molar-refractivity contribution in [2.24, 2.45) is 11.7 Å². The number of hydrogen-bond acceptors (Lipinski definition) is 4. The van der Waals surface area contributed by atoms with Crippen molar-refractivity contribution in [1.29, 1.82) is 0 Å². The van der Waals surface area contributed by atoms with E-state index >= 15 is 0 Å². The van der Waals surface area contributed by atoms with E-state index in [0.717, 1.165) is 5.56 Å². The molecule has 1 atom stereocenters. The second-order valence-electron chi connectivity index (χ2n) is 4.39. The van der Waals surface area contributed by atoms with Crippen LogP contribution in [0, 0.1) is 5.92 Å². The minimum absolute atomic E-state index is 0.0125. The van der Waals surface area contributed by atoms with Gasteiger partial charge in [0.15, 0.2) is 0 Å². The lowest BCUT2D eigenvalue weighted by Crippen LogP contribution is -2.59. The molecule has 1 unspecified atom stereocenters. The maximum absolute atomic E-state index is 11.8. The maximum atomic E-state index is 11.8. The predicted octanol–water partition coefficient (Wildman–Crippen LogP) is 1.17. The van der Waals surface area contributed by atoms with E-state index in [0.29, 0.717) is 0 Å². The molecule has 1 aromatic carbocycles. The Kier molecular flexibility index (Phi) is 4.44. The zero-order valence-corrected chi connectivity index (χ0v) is 10.4. The number of nitrogens with two attached hydrogens (primary N) is 1. The van der Waals surface area contributed by atoms with E-state index in [4.69, 9.17) is 15.6 Å². The first kappa shape index (κ1) is 14.2. The first-order valence-electron chi connectivity index (χ1n) is 5.62. The van der Waals surface area contributed by atoms with Gasteiger partial charge >= 0.3 is 11.9 Å². The van der Waals surface area contributed by atoms with Gasteiger partial charge in [0.2, 0.25) is 5.54 Å². The highest BCUT2D eigenvalue weighted by Crippen LogP contribution is 2.17. The van der Waals surface area contributed by atoms with Gasteiger partial charge in [-0.3, -0.25) is 0 Å². The molecule has 5 heteroatoms. The van der Waals surface area contributed by atoms with E-state index in [9.17, 15) is 9.59 Å². The van der Waals surface area contributed by atoms with Gasteiger partial charge in [-0.25, -0.2) is 9.59 Å². The Balaban J connectivity index is 2.73. The second kappa shape index (κ2) is 5.64. The number of carbonyl (C=O) groups is 2. The second-order valence-corrected chi connectivity index (χ2v) is 4.39. The Bertz CT molecular complexity index is 430. The summed E-state index contributed by atoms with van der Waals surface area (Å²) in [5.74, 6) is -2.86. The van der Waals surface area contributed by atoms with Crippen molar-refractivity contribution < 1.29 is 19.4 Å². The molecule has 0 saturated heterocycles. The smallest absolute Gasteiger partial charge is 0.338 e.